The van der Waals surface area contributed by atoms with Crippen LogP contribution in [0.25, 0.3) is 32.9 Å². The van der Waals surface area contributed by atoms with Crippen LogP contribution in [0.3, 0.4) is 0 Å². The Bertz CT molecular complexity index is 2790. The molecular weight excluding hydrogens is 805 g/mol. The Hall–Kier alpha value is -5.79. The topological polar surface area (TPSA) is 135 Å². The zero-order valence-corrected chi connectivity index (χ0v) is 36.5. The SMILES string of the molecule is Cc1cc(OCCCc2c3n(c4c(-c5c(C)nn(C)c5C)c(Cl)ccc24)[C@H](C)CN(c2c(C(=O)O)n(C)c4ccc(C(=O)N5CCN(C)C(=O)C5)cc24)C3=O)cc(C)c1Cl. The number of carboxylic acid groups (broad SMARTS) is 1. The van der Waals surface area contributed by atoms with Crippen molar-refractivity contribution in [2.24, 2.45) is 14.1 Å². The maximum absolute atomic E-state index is 15.4. The first-order valence-corrected chi connectivity index (χ1v) is 20.7. The van der Waals surface area contributed by atoms with Crippen LogP contribution in [0.4, 0.5) is 5.69 Å². The van der Waals surface area contributed by atoms with Gasteiger partial charge in [-0.3, -0.25) is 19.1 Å². The second kappa shape index (κ2) is 15.3. The number of amides is 3. The number of carbonyl (C=O) groups excluding carboxylic acids is 3. The summed E-state index contributed by atoms with van der Waals surface area (Å²) in [7, 11) is 5.24. The Morgan fingerprint density at radius 1 is 0.933 bits per heavy atom. The van der Waals surface area contributed by atoms with Gasteiger partial charge in [-0.2, -0.15) is 5.10 Å². The second-order valence-electron chi connectivity index (χ2n) is 16.1. The second-order valence-corrected chi connectivity index (χ2v) is 16.9. The zero-order chi connectivity index (χ0) is 43.1. The van der Waals surface area contributed by atoms with Crippen LogP contribution >= 0.6 is 23.2 Å². The third kappa shape index (κ3) is 6.58. The first kappa shape index (κ1) is 41.0. The van der Waals surface area contributed by atoms with Gasteiger partial charge < -0.3 is 33.7 Å². The fourth-order valence-corrected chi connectivity index (χ4v) is 9.47. The van der Waals surface area contributed by atoms with Gasteiger partial charge >= 0.3 is 5.97 Å². The maximum atomic E-state index is 15.4. The van der Waals surface area contributed by atoms with Gasteiger partial charge in [0.15, 0.2) is 5.69 Å². The summed E-state index contributed by atoms with van der Waals surface area (Å²) < 4.78 is 11.7. The molecule has 0 radical (unpaired) electrons. The third-order valence-electron chi connectivity index (χ3n) is 12.2. The minimum Gasteiger partial charge on any atom is -0.494 e. The summed E-state index contributed by atoms with van der Waals surface area (Å²) in [5.74, 6) is -1.39. The predicted octanol–water partition coefficient (Wildman–Crippen LogP) is 7.92. The summed E-state index contributed by atoms with van der Waals surface area (Å²) in [6.45, 7) is 11.0. The Labute approximate surface area is 357 Å². The largest absolute Gasteiger partial charge is 0.494 e. The molecule has 2 aliphatic rings. The van der Waals surface area contributed by atoms with Crippen molar-refractivity contribution in [3.05, 3.63) is 97.5 Å². The number of likely N-dealkylation sites (N-methyl/N-ethyl adjacent to an activating group) is 1. The van der Waals surface area contributed by atoms with Crippen LogP contribution in [-0.2, 0) is 25.3 Å². The molecule has 3 aromatic heterocycles. The van der Waals surface area contributed by atoms with Gasteiger partial charge in [0.05, 0.1) is 34.0 Å². The van der Waals surface area contributed by atoms with Crippen molar-refractivity contribution in [3.63, 3.8) is 0 Å². The van der Waals surface area contributed by atoms with Crippen LogP contribution < -0.4 is 9.64 Å². The van der Waals surface area contributed by atoms with Crippen LogP contribution in [0.1, 0.15) is 78.8 Å². The number of aromatic nitrogens is 4. The minimum absolute atomic E-state index is 0.0566. The summed E-state index contributed by atoms with van der Waals surface area (Å²) in [6.07, 6.45) is 1.03. The van der Waals surface area contributed by atoms with Gasteiger partial charge in [-0.05, 0) is 101 Å². The molecule has 6 aromatic rings. The highest BCUT2D eigenvalue weighted by atomic mass is 35.5. The van der Waals surface area contributed by atoms with Gasteiger partial charge in [0.2, 0.25) is 5.91 Å². The molecule has 1 atom stereocenters. The molecule has 1 fully saturated rings. The lowest BCUT2D eigenvalue weighted by molar-refractivity contribution is -0.133. The number of carbonyl (C=O) groups is 4. The molecule has 0 aliphatic carbocycles. The molecule has 312 valence electrons. The summed E-state index contributed by atoms with van der Waals surface area (Å²) in [5, 5.41) is 18.0. The number of nitrogens with zero attached hydrogens (tertiary/aromatic N) is 7. The molecule has 3 amide bonds. The number of ether oxygens (including phenoxy) is 1. The number of benzene rings is 3. The van der Waals surface area contributed by atoms with Crippen molar-refractivity contribution in [2.45, 2.75) is 53.5 Å². The van der Waals surface area contributed by atoms with Crippen LogP contribution in [0.2, 0.25) is 10.0 Å². The fourth-order valence-electron chi connectivity index (χ4n) is 9.11. The smallest absolute Gasteiger partial charge is 0.354 e. The normalized spacial score (nSPS) is 15.8. The molecule has 0 unspecified atom stereocenters. The number of aromatic carboxylic acids is 1. The molecule has 2 aliphatic heterocycles. The van der Waals surface area contributed by atoms with E-state index in [0.717, 1.165) is 50.1 Å². The van der Waals surface area contributed by atoms with Crippen LogP contribution in [0.15, 0.2) is 42.5 Å². The fraction of sp³-hybridized carbons (Fsp3) is 0.356. The van der Waals surface area contributed by atoms with Crippen molar-refractivity contribution in [1.29, 1.82) is 0 Å². The van der Waals surface area contributed by atoms with Crippen molar-refractivity contribution in [2.75, 3.05) is 44.7 Å². The quantitative estimate of drug-likeness (QED) is 0.146. The standard InChI is InChI=1S/C45H47Cl2N7O6/c1-23-18-29(19-24(2)38(23)47)60-17-9-10-30-31-12-13-33(46)37(36-26(4)48-51(8)27(36)5)39(31)54-25(3)21-53(44(57)41(30)54)40-32-20-28(11-14-34(32)50(7)42(40)45(58)59)43(56)52-16-15-49(6)35(55)22-52/h11-14,18-20,25H,9-10,15-17,21-22H2,1-8H3,(H,58,59)/t25-/m1/s1. The van der Waals surface area contributed by atoms with E-state index in [9.17, 15) is 19.5 Å². The molecule has 13 nitrogen and oxygen atoms in total. The molecule has 0 spiro atoms. The monoisotopic (exact) mass is 851 g/mol. The van der Waals surface area contributed by atoms with Crippen molar-refractivity contribution in [1.82, 2.24) is 28.7 Å². The molecule has 0 bridgehead atoms. The molecule has 15 heteroatoms. The van der Waals surface area contributed by atoms with Gasteiger partial charge in [0, 0.05) is 85.0 Å². The van der Waals surface area contributed by atoms with Gasteiger partial charge in [-0.25, -0.2) is 4.79 Å². The van der Waals surface area contributed by atoms with Gasteiger partial charge in [0.25, 0.3) is 11.8 Å². The van der Waals surface area contributed by atoms with Crippen LogP contribution in [-0.4, -0.2) is 97.3 Å². The zero-order valence-electron chi connectivity index (χ0n) is 34.9. The number of rotatable bonds is 9. The molecule has 0 saturated carbocycles. The summed E-state index contributed by atoms with van der Waals surface area (Å²) in [4.78, 5) is 59.6. The molecule has 8 rings (SSSR count). The Balaban J connectivity index is 1.27. The highest BCUT2D eigenvalue weighted by molar-refractivity contribution is 6.35. The van der Waals surface area contributed by atoms with E-state index in [1.165, 1.54) is 4.90 Å². The van der Waals surface area contributed by atoms with E-state index in [1.54, 1.807) is 46.7 Å². The third-order valence-corrected chi connectivity index (χ3v) is 13.1. The number of piperazine rings is 1. The van der Waals surface area contributed by atoms with Crippen molar-refractivity contribution < 1.29 is 29.0 Å². The summed E-state index contributed by atoms with van der Waals surface area (Å²) in [6, 6.07) is 12.3. The molecule has 5 heterocycles. The molecule has 1 saturated heterocycles. The van der Waals surface area contributed by atoms with E-state index in [0.29, 0.717) is 70.5 Å². The average Bonchev–Trinajstić information content (AvgIpc) is 3.79. The molecule has 60 heavy (non-hydrogen) atoms. The first-order valence-electron chi connectivity index (χ1n) is 20.0. The van der Waals surface area contributed by atoms with E-state index < -0.39 is 5.97 Å². The van der Waals surface area contributed by atoms with Crippen molar-refractivity contribution >= 4 is 74.4 Å². The molecule has 1 N–H and O–H groups in total. The highest BCUT2D eigenvalue weighted by Crippen LogP contribution is 2.46. The molecule has 3 aromatic carbocycles. The lowest BCUT2D eigenvalue weighted by Crippen LogP contribution is -2.50. The van der Waals surface area contributed by atoms with Gasteiger partial charge in [-0.15, -0.1) is 0 Å². The number of anilines is 1. The average molecular weight is 853 g/mol. The van der Waals surface area contributed by atoms with Crippen LogP contribution in [0, 0.1) is 27.7 Å². The van der Waals surface area contributed by atoms with E-state index in [-0.39, 0.29) is 48.2 Å². The predicted molar refractivity (Wildman–Crippen MR) is 233 cm³/mol. The summed E-state index contributed by atoms with van der Waals surface area (Å²) in [5.41, 5.74) is 8.23. The Morgan fingerprint density at radius 3 is 2.30 bits per heavy atom. The lowest BCUT2D eigenvalue weighted by atomic mass is 9.98. The number of halogens is 2. The number of hydrogen-bond donors (Lipinski definition) is 1. The van der Waals surface area contributed by atoms with E-state index in [4.69, 9.17) is 33.0 Å². The Kier molecular flexibility index (Phi) is 10.5. The minimum atomic E-state index is -1.21. The van der Waals surface area contributed by atoms with Gasteiger partial charge in [-0.1, -0.05) is 29.3 Å². The first-order chi connectivity index (χ1) is 28.5. The van der Waals surface area contributed by atoms with E-state index >= 15 is 4.79 Å². The van der Waals surface area contributed by atoms with Crippen molar-refractivity contribution in [3.8, 4) is 16.9 Å². The summed E-state index contributed by atoms with van der Waals surface area (Å²) >= 11 is 13.5. The number of carboxylic acids is 1. The lowest BCUT2D eigenvalue weighted by Gasteiger charge is -2.34. The number of hydrogen-bond acceptors (Lipinski definition) is 6. The van der Waals surface area contributed by atoms with Crippen LogP contribution in [0.5, 0.6) is 5.75 Å². The molecular formula is C45H47Cl2N7O6. The number of aryl methyl sites for hydroxylation is 6. The number of fused-ring (bicyclic) bond motifs is 4. The van der Waals surface area contributed by atoms with Gasteiger partial charge in [0.1, 0.15) is 18.0 Å². The maximum Gasteiger partial charge on any atom is 0.354 e. The van der Waals surface area contributed by atoms with E-state index in [1.807, 2.05) is 70.6 Å². The Morgan fingerprint density at radius 2 is 1.65 bits per heavy atom. The highest BCUT2D eigenvalue weighted by Gasteiger charge is 2.40. The van der Waals surface area contributed by atoms with E-state index in [2.05, 4.69) is 4.57 Å².